The van der Waals surface area contributed by atoms with Crippen molar-refractivity contribution in [3.05, 3.63) is 132 Å². The first kappa shape index (κ1) is 40.1. The molecule has 1 heterocycles. The second kappa shape index (κ2) is 17.9. The first-order valence-electron chi connectivity index (χ1n) is 18.2. The molecule has 11 nitrogen and oxygen atoms in total. The first-order valence-corrected chi connectivity index (χ1v) is 20.1. The van der Waals surface area contributed by atoms with E-state index in [2.05, 4.69) is 72.8 Å². The Morgan fingerprint density at radius 1 is 0.561 bits per heavy atom. The Hall–Kier alpha value is -6.58. The Labute approximate surface area is 329 Å². The predicted octanol–water partition coefficient (Wildman–Crippen LogP) is 7.31. The van der Waals surface area contributed by atoms with Crippen LogP contribution < -0.4 is 45.0 Å². The minimum Gasteiger partial charge on any atom is -0.486 e. The van der Waals surface area contributed by atoms with Gasteiger partial charge in [-0.25, -0.2) is 0 Å². The maximum Gasteiger partial charge on any atom is 0.308 e. The van der Waals surface area contributed by atoms with E-state index in [0.717, 1.165) is 12.6 Å². The molecule has 0 radical (unpaired) electrons. The van der Waals surface area contributed by atoms with Crippen LogP contribution in [0.3, 0.4) is 0 Å². The summed E-state index contributed by atoms with van der Waals surface area (Å²) in [6.07, 6.45) is 2.07. The van der Waals surface area contributed by atoms with E-state index in [1.54, 1.807) is 0 Å². The normalized spacial score (nSPS) is 11.1. The zero-order valence-corrected chi connectivity index (χ0v) is 32.7. The largest absolute Gasteiger partial charge is 0.486 e. The highest BCUT2D eigenvalue weighted by atomic mass is 31.2. The summed E-state index contributed by atoms with van der Waals surface area (Å²) in [7, 11) is -2.13. The van der Waals surface area contributed by atoms with Gasteiger partial charge in [-0.05, 0) is 67.4 Å². The van der Waals surface area contributed by atoms with E-state index in [4.69, 9.17) is 28.1 Å². The average molecular weight is 788 g/mol. The number of fused-ring (bicyclic) bond motifs is 1. The summed E-state index contributed by atoms with van der Waals surface area (Å²) in [4.78, 5) is 62.4. The Balaban J connectivity index is 1.41. The fourth-order valence-electron chi connectivity index (χ4n) is 6.65. The monoisotopic (exact) mass is 787 g/mol. The number of rotatable bonds is 14. The lowest BCUT2D eigenvalue weighted by Crippen LogP contribution is -2.33. The molecule has 0 saturated carbocycles. The highest BCUT2D eigenvalue weighted by Crippen LogP contribution is 2.56. The van der Waals surface area contributed by atoms with Crippen molar-refractivity contribution in [2.45, 2.75) is 40.5 Å². The summed E-state index contributed by atoms with van der Waals surface area (Å²) in [5.74, 6) is -3.38. The van der Waals surface area contributed by atoms with Crippen molar-refractivity contribution in [2.75, 3.05) is 12.8 Å². The van der Waals surface area contributed by atoms with Gasteiger partial charge in [0.1, 0.15) is 45.6 Å². The van der Waals surface area contributed by atoms with Gasteiger partial charge < -0.3 is 28.1 Å². The molecule has 0 bridgehead atoms. The van der Waals surface area contributed by atoms with E-state index in [1.807, 2.05) is 18.2 Å². The van der Waals surface area contributed by atoms with Gasteiger partial charge in [-0.15, -0.1) is 0 Å². The summed E-state index contributed by atoms with van der Waals surface area (Å²) in [5.41, 5.74) is -0.529. The SMILES string of the molecule is CC(=O)Oc1cc(OC(C)=O)c2c(=O)c(OCCCC[P+](c3ccccc3)(c3ccccc3)c3ccccc3)c(-c3ccc(OC(C)=O)c(OC(C)=O)c3)oc2c1. The molecule has 0 fully saturated rings. The van der Waals surface area contributed by atoms with Crippen LogP contribution in [0.1, 0.15) is 40.5 Å². The lowest BCUT2D eigenvalue weighted by molar-refractivity contribution is -0.134. The standard InChI is InChI=1S/C45H40O11P/c1-29(46)52-34-27-40(55-32(4)49)42-41(28-34)56-44(33-22-23-38(53-30(2)47)39(26-33)54-31(3)48)45(43(42)50)51-24-14-15-25-57(35-16-8-5-9-17-35,36-18-10-6-11-19-36)37-20-12-7-13-21-37/h5-13,16-23,26-28H,14-15,24-25H2,1-4H3/q+1. The molecular formula is C45H40O11P+. The van der Waals surface area contributed by atoms with Gasteiger partial charge in [-0.1, -0.05) is 54.6 Å². The topological polar surface area (TPSA) is 145 Å². The maximum atomic E-state index is 14.5. The van der Waals surface area contributed by atoms with Crippen molar-refractivity contribution in [3.8, 4) is 40.1 Å². The van der Waals surface area contributed by atoms with E-state index in [0.29, 0.717) is 6.42 Å². The molecule has 0 aliphatic heterocycles. The average Bonchev–Trinajstić information content (AvgIpc) is 3.17. The first-order chi connectivity index (χ1) is 27.5. The van der Waals surface area contributed by atoms with Crippen LogP contribution in [0.4, 0.5) is 0 Å². The third kappa shape index (κ3) is 9.28. The summed E-state index contributed by atoms with van der Waals surface area (Å²) in [6, 6.07) is 38.3. The minimum absolute atomic E-state index is 0.0385. The number of hydrogen-bond donors (Lipinski definition) is 0. The van der Waals surface area contributed by atoms with Crippen LogP contribution in [0, 0.1) is 0 Å². The van der Waals surface area contributed by atoms with Gasteiger partial charge in [0, 0.05) is 45.4 Å². The summed E-state index contributed by atoms with van der Waals surface area (Å²) in [6.45, 7) is 4.85. The molecule has 6 aromatic rings. The van der Waals surface area contributed by atoms with Gasteiger partial charge in [0.2, 0.25) is 11.2 Å². The summed E-state index contributed by atoms with van der Waals surface area (Å²) >= 11 is 0. The molecule has 0 spiro atoms. The lowest BCUT2D eigenvalue weighted by Gasteiger charge is -2.27. The molecule has 12 heteroatoms. The summed E-state index contributed by atoms with van der Waals surface area (Å²) in [5, 5.41) is 3.60. The Kier molecular flexibility index (Phi) is 12.6. The highest BCUT2D eigenvalue weighted by molar-refractivity contribution is 7.95. The van der Waals surface area contributed by atoms with Crippen LogP contribution in [-0.2, 0) is 19.2 Å². The number of esters is 4. The van der Waals surface area contributed by atoms with Crippen LogP contribution in [0.5, 0.6) is 28.7 Å². The van der Waals surface area contributed by atoms with Gasteiger partial charge in [0.25, 0.3) is 0 Å². The number of unbranched alkanes of at least 4 members (excludes halogenated alkanes) is 1. The van der Waals surface area contributed by atoms with Crippen LogP contribution in [0.15, 0.2) is 131 Å². The molecule has 0 unspecified atom stereocenters. The van der Waals surface area contributed by atoms with E-state index in [9.17, 15) is 24.0 Å². The molecule has 1 aromatic heterocycles. The quantitative estimate of drug-likeness (QED) is 0.0474. The number of carbonyl (C=O) groups excluding carboxylic acids is 4. The molecule has 57 heavy (non-hydrogen) atoms. The molecule has 0 atom stereocenters. The molecule has 0 aliphatic carbocycles. The van der Waals surface area contributed by atoms with Crippen molar-refractivity contribution in [2.24, 2.45) is 0 Å². The van der Waals surface area contributed by atoms with E-state index in [-0.39, 0.29) is 57.6 Å². The molecule has 6 rings (SSSR count). The Morgan fingerprint density at radius 3 is 1.60 bits per heavy atom. The van der Waals surface area contributed by atoms with Gasteiger partial charge >= 0.3 is 23.9 Å². The second-order valence-corrected chi connectivity index (χ2v) is 16.6. The maximum absolute atomic E-state index is 14.5. The van der Waals surface area contributed by atoms with Crippen molar-refractivity contribution in [1.29, 1.82) is 0 Å². The van der Waals surface area contributed by atoms with Gasteiger partial charge in [-0.2, -0.15) is 0 Å². The Morgan fingerprint density at radius 2 is 1.07 bits per heavy atom. The third-order valence-electron chi connectivity index (χ3n) is 8.84. The molecule has 290 valence electrons. The number of ether oxygens (including phenoxy) is 5. The summed E-state index contributed by atoms with van der Waals surface area (Å²) < 4.78 is 33.9. The van der Waals surface area contributed by atoms with Gasteiger partial charge in [0.15, 0.2) is 17.3 Å². The molecule has 5 aromatic carbocycles. The molecule has 0 saturated heterocycles. The molecule has 0 amide bonds. The van der Waals surface area contributed by atoms with E-state index >= 15 is 0 Å². The van der Waals surface area contributed by atoms with Gasteiger partial charge in [0.05, 0.1) is 12.8 Å². The van der Waals surface area contributed by atoms with Crippen LogP contribution >= 0.6 is 7.26 Å². The molecule has 0 aliphatic rings. The zero-order valence-electron chi connectivity index (χ0n) is 31.8. The second-order valence-electron chi connectivity index (χ2n) is 13.0. The molecular weight excluding hydrogens is 747 g/mol. The number of benzene rings is 5. The van der Waals surface area contributed by atoms with E-state index < -0.39 is 36.6 Å². The number of hydrogen-bond acceptors (Lipinski definition) is 11. The third-order valence-corrected chi connectivity index (χ3v) is 13.4. The smallest absolute Gasteiger partial charge is 0.308 e. The van der Waals surface area contributed by atoms with Crippen LogP contribution in [0.2, 0.25) is 0 Å². The van der Waals surface area contributed by atoms with Crippen LogP contribution in [0.25, 0.3) is 22.3 Å². The van der Waals surface area contributed by atoms with Crippen molar-refractivity contribution >= 4 is 58.0 Å². The highest BCUT2D eigenvalue weighted by Gasteiger charge is 2.44. The Bertz CT molecular complexity index is 2380. The lowest BCUT2D eigenvalue weighted by atomic mass is 10.1. The van der Waals surface area contributed by atoms with Crippen molar-refractivity contribution < 1.29 is 47.3 Å². The van der Waals surface area contributed by atoms with Gasteiger partial charge in [-0.3, -0.25) is 24.0 Å². The predicted molar refractivity (Wildman–Crippen MR) is 218 cm³/mol. The van der Waals surface area contributed by atoms with Crippen LogP contribution in [-0.4, -0.2) is 36.6 Å². The minimum atomic E-state index is -2.13. The fraction of sp³-hybridized carbons (Fsp3) is 0.178. The van der Waals surface area contributed by atoms with Crippen molar-refractivity contribution in [1.82, 2.24) is 0 Å². The van der Waals surface area contributed by atoms with Crippen molar-refractivity contribution in [3.63, 3.8) is 0 Å². The van der Waals surface area contributed by atoms with E-state index in [1.165, 1.54) is 73.9 Å². The molecule has 0 N–H and O–H groups in total. The zero-order chi connectivity index (χ0) is 40.5. The number of carbonyl (C=O) groups is 4. The fourth-order valence-corrected chi connectivity index (χ4v) is 11.1.